The summed E-state index contributed by atoms with van der Waals surface area (Å²) in [5, 5.41) is 2.58. The van der Waals surface area contributed by atoms with Gasteiger partial charge in [0.2, 0.25) is 10.0 Å². The lowest BCUT2D eigenvalue weighted by atomic mass is 10.2. The summed E-state index contributed by atoms with van der Waals surface area (Å²) in [6.45, 7) is 0.00607. The Bertz CT molecular complexity index is 881. The number of anilines is 1. The summed E-state index contributed by atoms with van der Waals surface area (Å²) in [7, 11) is -2.33. The van der Waals surface area contributed by atoms with Gasteiger partial charge in [0.15, 0.2) is 6.61 Å². The Kier molecular flexibility index (Phi) is 4.25. The van der Waals surface area contributed by atoms with Gasteiger partial charge in [0.05, 0.1) is 10.6 Å². The number of ether oxygens (including phenoxy) is 1. The minimum absolute atomic E-state index is 0.0386. The van der Waals surface area contributed by atoms with Gasteiger partial charge in [-0.15, -0.1) is 0 Å². The Morgan fingerprint density at radius 2 is 1.92 bits per heavy atom. The molecule has 0 aromatic heterocycles. The van der Waals surface area contributed by atoms with Gasteiger partial charge in [0.1, 0.15) is 11.6 Å². The molecule has 1 N–H and O–H groups in total. The second-order valence-electron chi connectivity index (χ2n) is 5.38. The normalized spacial score (nSPS) is 14.0. The Balaban J connectivity index is 1.85. The highest BCUT2D eigenvalue weighted by Gasteiger charge is 2.24. The van der Waals surface area contributed by atoms with Crippen molar-refractivity contribution in [2.24, 2.45) is 0 Å². The molecule has 0 saturated carbocycles. The SMILES string of the molecule is CN(Cc1ccc(F)cc1)S(=O)(=O)c1ccc2c(c1)NC(=O)CO2. The van der Waals surface area contributed by atoms with Gasteiger partial charge in [-0.25, -0.2) is 12.8 Å². The van der Waals surface area contributed by atoms with Crippen LogP contribution in [0.1, 0.15) is 5.56 Å². The maximum absolute atomic E-state index is 12.9. The van der Waals surface area contributed by atoms with Gasteiger partial charge in [-0.3, -0.25) is 4.79 Å². The van der Waals surface area contributed by atoms with E-state index < -0.39 is 10.0 Å². The fourth-order valence-electron chi connectivity index (χ4n) is 2.33. The standard InChI is InChI=1S/C16H15FN2O4S/c1-19(9-11-2-4-12(17)5-3-11)24(21,22)13-6-7-15-14(8-13)18-16(20)10-23-15/h2-8H,9-10H2,1H3,(H,18,20). The summed E-state index contributed by atoms with van der Waals surface area (Å²) in [4.78, 5) is 11.4. The lowest BCUT2D eigenvalue weighted by Gasteiger charge is -2.21. The number of nitrogens with one attached hydrogen (secondary N) is 1. The first-order valence-corrected chi connectivity index (χ1v) is 8.58. The van der Waals surface area contributed by atoms with Crippen molar-refractivity contribution >= 4 is 21.6 Å². The first-order valence-electron chi connectivity index (χ1n) is 7.14. The van der Waals surface area contributed by atoms with Crippen molar-refractivity contribution in [3.63, 3.8) is 0 Å². The number of carbonyl (C=O) groups excluding carboxylic acids is 1. The predicted octanol–water partition coefficient (Wildman–Crippen LogP) is 1.98. The van der Waals surface area contributed by atoms with Crippen LogP contribution in [-0.4, -0.2) is 32.3 Å². The van der Waals surface area contributed by atoms with Gasteiger partial charge in [-0.05, 0) is 35.9 Å². The zero-order valence-corrected chi connectivity index (χ0v) is 13.6. The van der Waals surface area contributed by atoms with Crippen molar-refractivity contribution in [3.05, 3.63) is 53.8 Å². The highest BCUT2D eigenvalue weighted by atomic mass is 32.2. The molecule has 3 rings (SSSR count). The minimum Gasteiger partial charge on any atom is -0.482 e. The number of sulfonamides is 1. The first kappa shape index (κ1) is 16.4. The van der Waals surface area contributed by atoms with Gasteiger partial charge >= 0.3 is 0 Å². The maximum atomic E-state index is 12.9. The number of fused-ring (bicyclic) bond motifs is 1. The number of hydrogen-bond acceptors (Lipinski definition) is 4. The molecular weight excluding hydrogens is 335 g/mol. The van der Waals surface area contributed by atoms with Crippen molar-refractivity contribution in [2.75, 3.05) is 19.0 Å². The van der Waals surface area contributed by atoms with E-state index in [2.05, 4.69) is 5.32 Å². The number of halogens is 1. The molecule has 0 spiro atoms. The number of rotatable bonds is 4. The molecule has 0 unspecified atom stereocenters. The fraction of sp³-hybridized carbons (Fsp3) is 0.188. The van der Waals surface area contributed by atoms with Crippen molar-refractivity contribution < 1.29 is 22.3 Å². The third-order valence-corrected chi connectivity index (χ3v) is 5.41. The van der Waals surface area contributed by atoms with E-state index in [4.69, 9.17) is 4.74 Å². The van der Waals surface area contributed by atoms with Crippen LogP contribution < -0.4 is 10.1 Å². The smallest absolute Gasteiger partial charge is 0.262 e. The summed E-state index contributed by atoms with van der Waals surface area (Å²) in [6, 6.07) is 9.91. The fourth-order valence-corrected chi connectivity index (χ4v) is 3.52. The number of nitrogens with zero attached hydrogens (tertiary/aromatic N) is 1. The van der Waals surface area contributed by atoms with Gasteiger partial charge in [0.25, 0.3) is 5.91 Å². The molecule has 0 radical (unpaired) electrons. The van der Waals surface area contributed by atoms with Crippen LogP contribution in [0.3, 0.4) is 0 Å². The Morgan fingerprint density at radius 1 is 1.21 bits per heavy atom. The molecule has 1 amide bonds. The molecule has 1 heterocycles. The van der Waals surface area contributed by atoms with Gasteiger partial charge in [0, 0.05) is 13.6 Å². The van der Waals surface area contributed by atoms with Crippen LogP contribution in [0, 0.1) is 5.82 Å². The number of amides is 1. The van der Waals surface area contributed by atoms with Gasteiger partial charge in [-0.1, -0.05) is 12.1 Å². The monoisotopic (exact) mass is 350 g/mol. The van der Waals surface area contributed by atoms with E-state index in [1.54, 1.807) is 0 Å². The van der Waals surface area contributed by atoms with Crippen LogP contribution in [0.2, 0.25) is 0 Å². The molecule has 24 heavy (non-hydrogen) atoms. The zero-order valence-electron chi connectivity index (χ0n) is 12.8. The first-order chi connectivity index (χ1) is 11.4. The van der Waals surface area contributed by atoms with Crippen LogP contribution in [0.25, 0.3) is 0 Å². The molecule has 2 aromatic rings. The molecule has 2 aromatic carbocycles. The van der Waals surface area contributed by atoms with Gasteiger partial charge < -0.3 is 10.1 Å². The topological polar surface area (TPSA) is 75.7 Å². The molecule has 0 aliphatic carbocycles. The van der Waals surface area contributed by atoms with E-state index in [0.717, 1.165) is 4.31 Å². The van der Waals surface area contributed by atoms with E-state index in [-0.39, 0.29) is 29.8 Å². The largest absolute Gasteiger partial charge is 0.482 e. The Morgan fingerprint density at radius 3 is 2.62 bits per heavy atom. The van der Waals surface area contributed by atoms with E-state index >= 15 is 0 Å². The summed E-state index contributed by atoms with van der Waals surface area (Å²) in [5.74, 6) is -0.291. The summed E-state index contributed by atoms with van der Waals surface area (Å²) < 4.78 is 44.6. The van der Waals surface area contributed by atoms with E-state index in [1.165, 1.54) is 49.5 Å². The summed E-state index contributed by atoms with van der Waals surface area (Å²) in [5.41, 5.74) is 0.986. The summed E-state index contributed by atoms with van der Waals surface area (Å²) >= 11 is 0. The highest BCUT2D eigenvalue weighted by molar-refractivity contribution is 7.89. The quantitative estimate of drug-likeness (QED) is 0.915. The van der Waals surface area contributed by atoms with Crippen LogP contribution in [0.5, 0.6) is 5.75 Å². The lowest BCUT2D eigenvalue weighted by molar-refractivity contribution is -0.118. The molecule has 1 aliphatic heterocycles. The molecule has 6 nitrogen and oxygen atoms in total. The van der Waals surface area contributed by atoms with E-state index in [9.17, 15) is 17.6 Å². The van der Waals surface area contributed by atoms with Crippen LogP contribution in [-0.2, 0) is 21.4 Å². The molecule has 0 atom stereocenters. The van der Waals surface area contributed by atoms with Crippen molar-refractivity contribution in [3.8, 4) is 5.75 Å². The molecule has 1 aliphatic rings. The third kappa shape index (κ3) is 3.24. The minimum atomic E-state index is -3.77. The molecule has 8 heteroatoms. The van der Waals surface area contributed by atoms with Gasteiger partial charge in [-0.2, -0.15) is 4.31 Å². The number of carbonyl (C=O) groups is 1. The van der Waals surface area contributed by atoms with Crippen molar-refractivity contribution in [1.82, 2.24) is 4.31 Å². The average Bonchev–Trinajstić information content (AvgIpc) is 2.56. The number of benzene rings is 2. The lowest BCUT2D eigenvalue weighted by Crippen LogP contribution is -2.28. The maximum Gasteiger partial charge on any atom is 0.262 e. The highest BCUT2D eigenvalue weighted by Crippen LogP contribution is 2.31. The molecular formula is C16H15FN2O4S. The van der Waals surface area contributed by atoms with Crippen LogP contribution in [0.4, 0.5) is 10.1 Å². The van der Waals surface area contributed by atoms with Crippen molar-refractivity contribution in [2.45, 2.75) is 11.4 Å². The third-order valence-electron chi connectivity index (χ3n) is 3.61. The molecule has 0 saturated heterocycles. The number of hydrogen-bond donors (Lipinski definition) is 1. The van der Waals surface area contributed by atoms with Crippen molar-refractivity contribution in [1.29, 1.82) is 0 Å². The molecule has 126 valence electrons. The van der Waals surface area contributed by atoms with E-state index in [1.807, 2.05) is 0 Å². The second kappa shape index (κ2) is 6.21. The Hall–Kier alpha value is -2.45. The summed E-state index contributed by atoms with van der Waals surface area (Å²) in [6.07, 6.45) is 0. The molecule has 0 bridgehead atoms. The van der Waals surface area contributed by atoms with E-state index in [0.29, 0.717) is 17.0 Å². The molecule has 0 fully saturated rings. The van der Waals surface area contributed by atoms with Crippen LogP contribution >= 0.6 is 0 Å². The zero-order chi connectivity index (χ0) is 17.3. The predicted molar refractivity (Wildman–Crippen MR) is 85.6 cm³/mol. The van der Waals surface area contributed by atoms with Crippen LogP contribution in [0.15, 0.2) is 47.4 Å². The Labute approximate surface area is 138 Å². The average molecular weight is 350 g/mol. The second-order valence-corrected chi connectivity index (χ2v) is 7.43.